The fraction of sp³-hybridized carbons (Fsp3) is 0.667. The van der Waals surface area contributed by atoms with Crippen LogP contribution in [-0.2, 0) is 14.4 Å². The summed E-state index contributed by atoms with van der Waals surface area (Å²) in [5.74, 6) is -1.21. The third-order valence-corrected chi connectivity index (χ3v) is 2.39. The minimum absolute atomic E-state index is 0.147. The van der Waals surface area contributed by atoms with Crippen molar-refractivity contribution in [1.29, 1.82) is 0 Å². The Labute approximate surface area is 108 Å². The minimum Gasteiger partial charge on any atom is -0.461 e. The fourth-order valence-corrected chi connectivity index (χ4v) is 1.35. The maximum atomic E-state index is 12.5. The van der Waals surface area contributed by atoms with E-state index >= 15 is 0 Å². The Morgan fingerprint density at radius 3 is 2.25 bits per heavy atom. The number of esters is 1. The summed E-state index contributed by atoms with van der Waals surface area (Å²) in [7, 11) is 0. The highest BCUT2D eigenvalue weighted by atomic mass is 19.4. The lowest BCUT2D eigenvalue weighted by molar-refractivity contribution is -0.390. The van der Waals surface area contributed by atoms with E-state index in [2.05, 4.69) is 9.57 Å². The van der Waals surface area contributed by atoms with E-state index in [1.807, 2.05) is 0 Å². The van der Waals surface area contributed by atoms with Gasteiger partial charge in [0.15, 0.2) is 6.10 Å². The van der Waals surface area contributed by atoms with Crippen molar-refractivity contribution in [3.05, 3.63) is 11.8 Å². The molecule has 1 aliphatic rings. The Balaban J connectivity index is 3.12. The van der Waals surface area contributed by atoms with E-state index in [-0.39, 0.29) is 12.7 Å². The molecule has 2 N–H and O–H groups in total. The molecule has 0 aromatic carbocycles. The number of ether oxygens (including phenoxy) is 1. The van der Waals surface area contributed by atoms with Crippen molar-refractivity contribution < 1.29 is 45.8 Å². The number of carbonyl (C=O) groups excluding carboxylic acids is 1. The van der Waals surface area contributed by atoms with E-state index in [0.29, 0.717) is 0 Å². The zero-order chi connectivity index (χ0) is 15.8. The second kappa shape index (κ2) is 5.13. The largest absolute Gasteiger partial charge is 0.461 e. The van der Waals surface area contributed by atoms with Crippen LogP contribution in [0, 0.1) is 0 Å². The van der Waals surface area contributed by atoms with Crippen molar-refractivity contribution in [2.45, 2.75) is 31.0 Å². The highest BCUT2D eigenvalue weighted by Gasteiger charge is 2.75. The summed E-state index contributed by atoms with van der Waals surface area (Å²) in [4.78, 5) is 15.2. The number of carbonyl (C=O) groups is 1. The van der Waals surface area contributed by atoms with Crippen molar-refractivity contribution in [2.24, 2.45) is 0 Å². The number of hydroxylamine groups is 1. The molecule has 1 unspecified atom stereocenters. The Kier molecular flexibility index (Phi) is 4.25. The van der Waals surface area contributed by atoms with Crippen LogP contribution in [0.5, 0.6) is 0 Å². The minimum atomic E-state index is -6.06. The van der Waals surface area contributed by atoms with E-state index in [1.165, 1.54) is 6.92 Å². The van der Waals surface area contributed by atoms with Crippen LogP contribution in [0.15, 0.2) is 11.8 Å². The van der Waals surface area contributed by atoms with E-state index in [1.54, 1.807) is 5.48 Å². The maximum Gasteiger partial charge on any atom is 0.429 e. The Hall–Kier alpha value is -1.49. The molecule has 0 aliphatic carbocycles. The third-order valence-electron chi connectivity index (χ3n) is 2.39. The average molecular weight is 309 g/mol. The average Bonchev–Trinajstić information content (AvgIpc) is 2.74. The van der Waals surface area contributed by atoms with Gasteiger partial charge in [-0.1, -0.05) is 0 Å². The van der Waals surface area contributed by atoms with Gasteiger partial charge in [0.05, 0.1) is 6.61 Å². The highest BCUT2D eigenvalue weighted by molar-refractivity contribution is 5.88. The Morgan fingerprint density at radius 1 is 1.35 bits per heavy atom. The smallest absolute Gasteiger partial charge is 0.429 e. The van der Waals surface area contributed by atoms with Crippen molar-refractivity contribution in [2.75, 3.05) is 6.61 Å². The van der Waals surface area contributed by atoms with E-state index in [0.717, 1.165) is 0 Å². The first kappa shape index (κ1) is 16.6. The summed E-state index contributed by atoms with van der Waals surface area (Å²) in [6.07, 6.45) is -14.8. The molecule has 5 nitrogen and oxygen atoms in total. The molecular formula is C9H9F6NO4. The highest BCUT2D eigenvalue weighted by Crippen LogP contribution is 2.47. The molecule has 11 heteroatoms. The number of hydrogen-bond donors (Lipinski definition) is 2. The van der Waals surface area contributed by atoms with Gasteiger partial charge in [0.1, 0.15) is 5.70 Å². The van der Waals surface area contributed by atoms with E-state index in [4.69, 9.17) is 5.11 Å². The molecule has 20 heavy (non-hydrogen) atoms. The van der Waals surface area contributed by atoms with Crippen molar-refractivity contribution in [1.82, 2.24) is 5.48 Å². The van der Waals surface area contributed by atoms with Gasteiger partial charge in [-0.25, -0.2) is 4.79 Å². The summed E-state index contributed by atoms with van der Waals surface area (Å²) in [5.41, 5.74) is -4.34. The SMILES string of the molecule is CCOC(=O)C1=CC(C(O)(C(F)(F)F)C(F)(F)F)ON1. The monoisotopic (exact) mass is 309 g/mol. The topological polar surface area (TPSA) is 67.8 Å². The number of hydrogen-bond acceptors (Lipinski definition) is 5. The molecule has 0 saturated carbocycles. The van der Waals surface area contributed by atoms with E-state index in [9.17, 15) is 31.1 Å². The molecule has 0 bridgehead atoms. The molecule has 0 fully saturated rings. The Bertz CT molecular complexity index is 402. The van der Waals surface area contributed by atoms with Crippen LogP contribution in [0.25, 0.3) is 0 Å². The summed E-state index contributed by atoms with van der Waals surface area (Å²) in [6, 6.07) is 0. The first-order chi connectivity index (χ1) is 8.95. The Morgan fingerprint density at radius 2 is 1.85 bits per heavy atom. The molecule has 0 aromatic heterocycles. The number of alkyl halides is 6. The standard InChI is InChI=1S/C9H9F6NO4/c1-2-19-6(17)4-3-5(20-16-4)7(18,8(10,11)12)9(13,14)15/h3,5,16,18H,2H2,1H3. The van der Waals surface area contributed by atoms with Crippen molar-refractivity contribution in [3.8, 4) is 0 Å². The van der Waals surface area contributed by atoms with Crippen LogP contribution < -0.4 is 5.48 Å². The van der Waals surface area contributed by atoms with Crippen LogP contribution in [0.3, 0.4) is 0 Å². The number of aliphatic hydroxyl groups is 1. The molecule has 116 valence electrons. The predicted octanol–water partition coefficient (Wildman–Crippen LogP) is 1.19. The summed E-state index contributed by atoms with van der Waals surface area (Å²) >= 11 is 0. The number of halogens is 6. The lowest BCUT2D eigenvalue weighted by Gasteiger charge is -2.34. The van der Waals surface area contributed by atoms with Crippen LogP contribution in [0.2, 0.25) is 0 Å². The van der Waals surface area contributed by atoms with Crippen molar-refractivity contribution in [3.63, 3.8) is 0 Å². The first-order valence-electron chi connectivity index (χ1n) is 5.11. The quantitative estimate of drug-likeness (QED) is 0.605. The third kappa shape index (κ3) is 2.68. The molecular weight excluding hydrogens is 300 g/mol. The van der Waals surface area contributed by atoms with Crippen molar-refractivity contribution >= 4 is 5.97 Å². The van der Waals surface area contributed by atoms with E-state index < -0.39 is 35.7 Å². The number of nitrogens with one attached hydrogen (secondary N) is 1. The lowest BCUT2D eigenvalue weighted by atomic mass is 9.94. The predicted molar refractivity (Wildman–Crippen MR) is 49.8 cm³/mol. The molecule has 1 aliphatic heterocycles. The molecule has 0 aromatic rings. The first-order valence-corrected chi connectivity index (χ1v) is 5.11. The molecule has 0 amide bonds. The zero-order valence-electron chi connectivity index (χ0n) is 9.80. The van der Waals surface area contributed by atoms with Crippen LogP contribution in [-0.4, -0.2) is 41.7 Å². The summed E-state index contributed by atoms with van der Waals surface area (Å²) in [5, 5.41) is 9.00. The number of rotatable bonds is 3. The van der Waals surface area contributed by atoms with Gasteiger partial charge in [-0.3, -0.25) is 10.3 Å². The van der Waals surface area contributed by atoms with Gasteiger partial charge in [0.25, 0.3) is 5.60 Å². The second-order valence-electron chi connectivity index (χ2n) is 3.70. The van der Waals surface area contributed by atoms with Crippen LogP contribution in [0.1, 0.15) is 6.92 Å². The van der Waals surface area contributed by atoms with Crippen LogP contribution >= 0.6 is 0 Å². The molecule has 1 atom stereocenters. The van der Waals surface area contributed by atoms with Gasteiger partial charge in [0, 0.05) is 0 Å². The lowest BCUT2D eigenvalue weighted by Crippen LogP contribution is -2.64. The van der Waals surface area contributed by atoms with Gasteiger partial charge in [-0.2, -0.15) is 26.3 Å². The summed E-state index contributed by atoms with van der Waals surface area (Å²) < 4.78 is 79.4. The fourth-order valence-electron chi connectivity index (χ4n) is 1.35. The normalized spacial score (nSPS) is 20.4. The molecule has 0 radical (unpaired) electrons. The molecule has 1 heterocycles. The zero-order valence-corrected chi connectivity index (χ0v) is 9.80. The van der Waals surface area contributed by atoms with Gasteiger partial charge in [-0.05, 0) is 13.0 Å². The molecule has 0 spiro atoms. The van der Waals surface area contributed by atoms with Gasteiger partial charge in [-0.15, -0.1) is 0 Å². The van der Waals surface area contributed by atoms with Gasteiger partial charge in [0.2, 0.25) is 0 Å². The maximum absolute atomic E-state index is 12.5. The van der Waals surface area contributed by atoms with Gasteiger partial charge >= 0.3 is 18.3 Å². The van der Waals surface area contributed by atoms with Gasteiger partial charge < -0.3 is 9.84 Å². The molecule has 0 saturated heterocycles. The molecule has 1 rings (SSSR count). The summed E-state index contributed by atoms with van der Waals surface area (Å²) in [6.45, 7) is 1.23. The van der Waals surface area contributed by atoms with Crippen LogP contribution in [0.4, 0.5) is 26.3 Å². The second-order valence-corrected chi connectivity index (χ2v) is 3.70.